The number of aromatic nitrogens is 2. The monoisotopic (exact) mass is 369 g/mol. The van der Waals surface area contributed by atoms with Crippen molar-refractivity contribution in [1.29, 1.82) is 0 Å². The predicted octanol–water partition coefficient (Wildman–Crippen LogP) is 1.72. The van der Waals surface area contributed by atoms with Gasteiger partial charge in [0.1, 0.15) is 10.4 Å². The number of benzene rings is 1. The number of anilines is 1. The van der Waals surface area contributed by atoms with Crippen molar-refractivity contribution in [3.05, 3.63) is 52.0 Å². The van der Waals surface area contributed by atoms with Crippen LogP contribution in [0.4, 0.5) is 5.69 Å². The number of halogens is 1. The number of nitrogens with one attached hydrogen (secondary N) is 1. The summed E-state index contributed by atoms with van der Waals surface area (Å²) in [4.78, 5) is 28.1. The number of hydrogen-bond donors (Lipinski definition) is 1. The third-order valence-electron chi connectivity index (χ3n) is 3.40. The predicted molar refractivity (Wildman–Crippen MR) is 90.9 cm³/mol. The van der Waals surface area contributed by atoms with Crippen molar-refractivity contribution in [3.63, 3.8) is 0 Å². The maximum absolute atomic E-state index is 12.6. The molecule has 1 N–H and O–H groups in total. The molecule has 128 valence electrons. The fourth-order valence-corrected chi connectivity index (χ4v) is 3.49. The molecule has 2 rings (SSSR count). The molecule has 9 heteroatoms. The van der Waals surface area contributed by atoms with Crippen LogP contribution in [0.5, 0.6) is 0 Å². The van der Waals surface area contributed by atoms with Gasteiger partial charge in [0.05, 0.1) is 0 Å². The zero-order chi connectivity index (χ0) is 17.9. The first kappa shape index (κ1) is 18.2. The van der Waals surface area contributed by atoms with Gasteiger partial charge in [-0.05, 0) is 26.0 Å². The van der Waals surface area contributed by atoms with Gasteiger partial charge >= 0.3 is 0 Å². The second-order valence-corrected chi connectivity index (χ2v) is 7.57. The van der Waals surface area contributed by atoms with Crippen LogP contribution in [0, 0.1) is 0 Å². The molecule has 7 nitrogen and oxygen atoms in total. The van der Waals surface area contributed by atoms with Crippen LogP contribution in [0.1, 0.15) is 13.8 Å². The van der Waals surface area contributed by atoms with Gasteiger partial charge in [-0.2, -0.15) is 0 Å². The summed E-state index contributed by atoms with van der Waals surface area (Å²) < 4.78 is 26.3. The minimum atomic E-state index is -4.29. The minimum absolute atomic E-state index is 0.134. The van der Waals surface area contributed by atoms with Gasteiger partial charge in [0.2, 0.25) is 20.8 Å². The number of nitrogens with zero attached hydrogens (tertiary/aromatic N) is 2. The van der Waals surface area contributed by atoms with E-state index in [2.05, 4.69) is 10.3 Å². The van der Waals surface area contributed by atoms with Crippen LogP contribution >= 0.6 is 11.6 Å². The van der Waals surface area contributed by atoms with E-state index in [4.69, 9.17) is 11.6 Å². The van der Waals surface area contributed by atoms with E-state index in [1.165, 1.54) is 13.1 Å². The summed E-state index contributed by atoms with van der Waals surface area (Å²) in [6.07, 6.45) is 1.25. The molecular formula is C15H16ClN3O4S. The van der Waals surface area contributed by atoms with Gasteiger partial charge in [0.15, 0.2) is 0 Å². The lowest BCUT2D eigenvalue weighted by molar-refractivity contribution is -0.115. The Morgan fingerprint density at radius 1 is 1.33 bits per heavy atom. The average Bonchev–Trinajstić information content (AvgIpc) is 2.56. The number of amides is 1. The van der Waals surface area contributed by atoms with Crippen molar-refractivity contribution in [2.24, 2.45) is 0 Å². The largest absolute Gasteiger partial charge is 0.325 e. The molecule has 1 unspecified atom stereocenters. The molecule has 0 fully saturated rings. The van der Waals surface area contributed by atoms with Crippen LogP contribution in [0.2, 0.25) is 5.15 Å². The number of hydrogen-bond acceptors (Lipinski definition) is 5. The number of aryl methyl sites for hydroxylation is 1. The lowest BCUT2D eigenvalue weighted by Crippen LogP contribution is -2.37. The average molecular weight is 370 g/mol. The van der Waals surface area contributed by atoms with Crippen LogP contribution in [0.3, 0.4) is 0 Å². The summed E-state index contributed by atoms with van der Waals surface area (Å²) in [7, 11) is -4.29. The Labute approximate surface area is 144 Å². The Kier molecular flexibility index (Phi) is 5.40. The molecule has 0 aliphatic carbocycles. The standard InChI is InChI=1S/C15H16ClN3O4S/c1-3-19-9-12(16)18-14(15(19)21)24(22,23)10(2)13(20)17-11-7-5-4-6-8-11/h4-10H,3H2,1-2H3,(H,17,20). The van der Waals surface area contributed by atoms with Crippen LogP contribution in [-0.2, 0) is 21.2 Å². The smallest absolute Gasteiger partial charge is 0.288 e. The summed E-state index contributed by atoms with van der Waals surface area (Å²) in [5.41, 5.74) is -0.351. The van der Waals surface area contributed by atoms with Gasteiger partial charge < -0.3 is 9.88 Å². The second-order valence-electron chi connectivity index (χ2n) is 5.00. The van der Waals surface area contributed by atoms with E-state index in [0.717, 1.165) is 4.57 Å². The first-order chi connectivity index (χ1) is 11.3. The lowest BCUT2D eigenvalue weighted by atomic mass is 10.3. The van der Waals surface area contributed by atoms with E-state index in [1.54, 1.807) is 37.3 Å². The molecule has 0 bridgehead atoms. The highest BCUT2D eigenvalue weighted by atomic mass is 35.5. The molecule has 1 aromatic carbocycles. The Morgan fingerprint density at radius 2 is 1.96 bits per heavy atom. The molecule has 1 atom stereocenters. The van der Waals surface area contributed by atoms with E-state index in [1.807, 2.05) is 0 Å². The number of sulfone groups is 1. The summed E-state index contributed by atoms with van der Waals surface area (Å²) in [6, 6.07) is 8.41. The Hall–Kier alpha value is -2.19. The number of para-hydroxylation sites is 1. The molecule has 0 saturated carbocycles. The third-order valence-corrected chi connectivity index (χ3v) is 5.53. The molecule has 2 aromatic rings. The molecular weight excluding hydrogens is 354 g/mol. The quantitative estimate of drug-likeness (QED) is 0.865. The molecule has 1 amide bonds. The Balaban J connectivity index is 2.38. The van der Waals surface area contributed by atoms with Crippen molar-refractivity contribution in [3.8, 4) is 0 Å². The van der Waals surface area contributed by atoms with Gasteiger partial charge in [-0.15, -0.1) is 0 Å². The number of carbonyl (C=O) groups is 1. The molecule has 0 aliphatic heterocycles. The van der Waals surface area contributed by atoms with Crippen LogP contribution in [0.25, 0.3) is 0 Å². The minimum Gasteiger partial charge on any atom is -0.325 e. The SMILES string of the molecule is CCn1cc(Cl)nc(S(=O)(=O)C(C)C(=O)Nc2ccccc2)c1=O. The fourth-order valence-electron chi connectivity index (χ4n) is 1.98. The van der Waals surface area contributed by atoms with Crippen molar-refractivity contribution < 1.29 is 13.2 Å². The highest BCUT2D eigenvalue weighted by Crippen LogP contribution is 2.15. The van der Waals surface area contributed by atoms with E-state index in [-0.39, 0.29) is 11.7 Å². The van der Waals surface area contributed by atoms with Crippen molar-refractivity contribution in [2.75, 3.05) is 5.32 Å². The summed E-state index contributed by atoms with van der Waals surface area (Å²) in [5.74, 6) is -0.759. The molecule has 0 radical (unpaired) electrons. The highest BCUT2D eigenvalue weighted by Gasteiger charge is 2.34. The third kappa shape index (κ3) is 3.65. The van der Waals surface area contributed by atoms with E-state index >= 15 is 0 Å². The molecule has 1 heterocycles. The van der Waals surface area contributed by atoms with Gasteiger partial charge in [-0.1, -0.05) is 29.8 Å². The van der Waals surface area contributed by atoms with Crippen LogP contribution in [0.15, 0.2) is 46.3 Å². The zero-order valence-electron chi connectivity index (χ0n) is 13.1. The highest BCUT2D eigenvalue weighted by molar-refractivity contribution is 7.92. The first-order valence-corrected chi connectivity index (χ1v) is 9.06. The van der Waals surface area contributed by atoms with E-state index in [9.17, 15) is 18.0 Å². The topological polar surface area (TPSA) is 98.1 Å². The second kappa shape index (κ2) is 7.14. The van der Waals surface area contributed by atoms with Gasteiger partial charge in [0, 0.05) is 18.4 Å². The van der Waals surface area contributed by atoms with Gasteiger partial charge in [-0.25, -0.2) is 13.4 Å². The van der Waals surface area contributed by atoms with Gasteiger partial charge in [-0.3, -0.25) is 9.59 Å². The Bertz CT molecular complexity index is 910. The van der Waals surface area contributed by atoms with E-state index < -0.39 is 31.6 Å². The maximum atomic E-state index is 12.6. The van der Waals surface area contributed by atoms with Crippen LogP contribution in [-0.4, -0.2) is 29.1 Å². The van der Waals surface area contributed by atoms with Gasteiger partial charge in [0.25, 0.3) is 5.56 Å². The van der Waals surface area contributed by atoms with Crippen LogP contribution < -0.4 is 10.9 Å². The molecule has 0 aliphatic rings. The summed E-state index contributed by atoms with van der Waals surface area (Å²) in [5, 5.41) is 0.131. The maximum Gasteiger partial charge on any atom is 0.288 e. The summed E-state index contributed by atoms with van der Waals surface area (Å²) >= 11 is 5.78. The zero-order valence-corrected chi connectivity index (χ0v) is 14.6. The van der Waals surface area contributed by atoms with Crippen molar-refractivity contribution in [1.82, 2.24) is 9.55 Å². The van der Waals surface area contributed by atoms with Crippen molar-refractivity contribution in [2.45, 2.75) is 30.7 Å². The fraction of sp³-hybridized carbons (Fsp3) is 0.267. The molecule has 1 aromatic heterocycles. The number of carbonyl (C=O) groups excluding carboxylic acids is 1. The van der Waals surface area contributed by atoms with E-state index in [0.29, 0.717) is 5.69 Å². The lowest BCUT2D eigenvalue weighted by Gasteiger charge is -2.13. The number of rotatable bonds is 5. The summed E-state index contributed by atoms with van der Waals surface area (Å²) in [6.45, 7) is 3.10. The first-order valence-electron chi connectivity index (χ1n) is 7.14. The molecule has 0 spiro atoms. The van der Waals surface area contributed by atoms with Crippen molar-refractivity contribution >= 4 is 33.0 Å². The molecule has 0 saturated heterocycles. The normalized spacial score (nSPS) is 12.6. The molecule has 24 heavy (non-hydrogen) atoms. The Morgan fingerprint density at radius 3 is 2.54 bits per heavy atom.